The van der Waals surface area contributed by atoms with E-state index in [1.54, 1.807) is 58.0 Å². The van der Waals surface area contributed by atoms with Crippen molar-refractivity contribution in [2.24, 2.45) is 0 Å². The molecule has 3 aliphatic rings. The van der Waals surface area contributed by atoms with Crippen LogP contribution in [0.4, 0.5) is 0 Å². The van der Waals surface area contributed by atoms with E-state index in [-0.39, 0.29) is 0 Å². The van der Waals surface area contributed by atoms with Crippen molar-refractivity contribution < 1.29 is 62.1 Å². The summed E-state index contributed by atoms with van der Waals surface area (Å²) < 4.78 is 59.3. The van der Waals surface area contributed by atoms with Gasteiger partial charge in [-0.1, -0.05) is 30.3 Å². The zero-order valence-corrected chi connectivity index (χ0v) is 24.8. The van der Waals surface area contributed by atoms with Gasteiger partial charge in [-0.25, -0.2) is 4.79 Å². The van der Waals surface area contributed by atoms with Crippen LogP contribution in [0.3, 0.4) is 0 Å². The number of rotatable bonds is 8. The fourth-order valence-corrected chi connectivity index (χ4v) is 5.46. The number of hydrogen-bond acceptors (Lipinski definition) is 13. The Bertz CT molecular complexity index is 1100. The monoisotopic (exact) mass is 584 g/mol. The molecule has 2 saturated heterocycles. The molecule has 3 fully saturated rings. The van der Waals surface area contributed by atoms with E-state index in [2.05, 4.69) is 0 Å². The van der Waals surface area contributed by atoms with Gasteiger partial charge in [-0.3, -0.25) is 4.79 Å². The van der Waals surface area contributed by atoms with Crippen molar-refractivity contribution in [2.75, 3.05) is 28.4 Å². The molecule has 2 heterocycles. The molecule has 0 bridgehead atoms. The second-order valence-electron chi connectivity index (χ2n) is 10.7. The predicted octanol–water partition coefficient (Wildman–Crippen LogP) is 1.60. The fraction of sp³-hybridized carbons (Fsp3) is 0.714. The summed E-state index contributed by atoms with van der Waals surface area (Å²) in [6, 6.07) is 8.36. The predicted molar refractivity (Wildman–Crippen MR) is 138 cm³/mol. The smallest absolute Gasteiger partial charge is 0.352 e. The van der Waals surface area contributed by atoms with Gasteiger partial charge < -0.3 is 52.5 Å². The van der Waals surface area contributed by atoms with Crippen LogP contribution in [0.1, 0.15) is 46.3 Å². The first-order valence-electron chi connectivity index (χ1n) is 13.2. The molecule has 1 aliphatic carbocycles. The van der Waals surface area contributed by atoms with Gasteiger partial charge in [0.05, 0.1) is 0 Å². The Morgan fingerprint density at radius 1 is 0.732 bits per heavy atom. The molecule has 0 radical (unpaired) electrons. The van der Waals surface area contributed by atoms with Gasteiger partial charge >= 0.3 is 11.9 Å². The standard InChI is InChI=1S/C28H40O13/c1-15(29)36-18(16-13-11-10-12-14-16)24(31)37-19-17(30)20-22(40-26(3,33-7)25(2,32-6)38-20)23-21(19)39-27(4,34-8)28(5,35-9)41-23/h10-14,17-23,30H,1-9H3/t17-,18+,19+,20-,21-,22+,23+,25+,26+,27+,28+/m0/s1. The van der Waals surface area contributed by atoms with Gasteiger partial charge in [-0.05, 0) is 27.7 Å². The summed E-state index contributed by atoms with van der Waals surface area (Å²) in [6.07, 6.45) is -8.68. The van der Waals surface area contributed by atoms with E-state index in [0.29, 0.717) is 5.56 Å². The Kier molecular flexibility index (Phi) is 8.88. The van der Waals surface area contributed by atoms with Crippen molar-refractivity contribution in [3.8, 4) is 0 Å². The van der Waals surface area contributed by atoms with Gasteiger partial charge in [0, 0.05) is 40.9 Å². The minimum absolute atomic E-state index is 0.377. The highest BCUT2D eigenvalue weighted by atomic mass is 16.8. The van der Waals surface area contributed by atoms with Gasteiger partial charge in [-0.15, -0.1) is 0 Å². The lowest BCUT2D eigenvalue weighted by molar-refractivity contribution is -0.510. The summed E-state index contributed by atoms with van der Waals surface area (Å²) in [7, 11) is 5.67. The van der Waals surface area contributed by atoms with Crippen LogP contribution in [0.25, 0.3) is 0 Å². The van der Waals surface area contributed by atoms with Crippen LogP contribution >= 0.6 is 0 Å². The van der Waals surface area contributed by atoms with E-state index >= 15 is 0 Å². The number of methoxy groups -OCH3 is 4. The Hall–Kier alpha value is -2.20. The second kappa shape index (κ2) is 11.5. The second-order valence-corrected chi connectivity index (χ2v) is 10.7. The number of benzene rings is 1. The minimum atomic E-state index is -1.52. The topological polar surface area (TPSA) is 147 Å². The Labute approximate surface area is 239 Å². The van der Waals surface area contributed by atoms with E-state index in [9.17, 15) is 14.7 Å². The van der Waals surface area contributed by atoms with E-state index in [0.717, 1.165) is 0 Å². The molecule has 1 saturated carbocycles. The maximum atomic E-state index is 13.6. The van der Waals surface area contributed by atoms with E-state index in [1.807, 2.05) is 0 Å². The molecular formula is C28H40O13. The van der Waals surface area contributed by atoms with Crippen molar-refractivity contribution in [1.29, 1.82) is 0 Å². The summed E-state index contributed by atoms with van der Waals surface area (Å²) in [5.41, 5.74) is 0.377. The largest absolute Gasteiger partial charge is 0.454 e. The highest BCUT2D eigenvalue weighted by Crippen LogP contribution is 2.50. The van der Waals surface area contributed by atoms with Crippen LogP contribution in [-0.4, -0.2) is 105 Å². The Morgan fingerprint density at radius 2 is 1.15 bits per heavy atom. The Balaban J connectivity index is 1.76. The highest BCUT2D eigenvalue weighted by Gasteiger charge is 2.70. The molecule has 4 rings (SSSR count). The first kappa shape index (κ1) is 31.7. The lowest BCUT2D eigenvalue weighted by atomic mass is 9.81. The summed E-state index contributed by atoms with van der Waals surface area (Å²) in [6.45, 7) is 7.62. The first-order valence-corrected chi connectivity index (χ1v) is 13.2. The molecule has 1 aromatic carbocycles. The molecule has 0 spiro atoms. The van der Waals surface area contributed by atoms with Crippen LogP contribution in [0.15, 0.2) is 30.3 Å². The third-order valence-electron chi connectivity index (χ3n) is 8.47. The van der Waals surface area contributed by atoms with Crippen LogP contribution in [0.5, 0.6) is 0 Å². The van der Waals surface area contributed by atoms with Gasteiger partial charge in [-0.2, -0.15) is 0 Å². The summed E-state index contributed by atoms with van der Waals surface area (Å²) >= 11 is 0. The van der Waals surface area contributed by atoms with Crippen molar-refractivity contribution in [1.82, 2.24) is 0 Å². The average Bonchev–Trinajstić information content (AvgIpc) is 2.96. The van der Waals surface area contributed by atoms with Crippen molar-refractivity contribution in [3.05, 3.63) is 35.9 Å². The SMILES string of the molecule is CO[C@]1(C)O[C@@H]2[C@@H](O[C@@]1(C)OC)[C@H](OC(=O)[C@H](OC(C)=O)c1ccccc1)[C@H](O)[C@@H]1O[C@@](C)(OC)[C@](C)(OC)O[C@@H]21. The maximum absolute atomic E-state index is 13.6. The van der Waals surface area contributed by atoms with Gasteiger partial charge in [0.15, 0.2) is 6.10 Å². The zero-order valence-electron chi connectivity index (χ0n) is 24.8. The molecule has 0 amide bonds. The molecule has 230 valence electrons. The van der Waals surface area contributed by atoms with Crippen molar-refractivity contribution in [2.45, 2.75) is 100 Å². The molecule has 1 aromatic rings. The number of carbonyl (C=O) groups is 2. The number of aliphatic hydroxyl groups is 1. The summed E-state index contributed by atoms with van der Waals surface area (Å²) in [5, 5.41) is 11.7. The third-order valence-corrected chi connectivity index (χ3v) is 8.47. The molecule has 13 heteroatoms. The van der Waals surface area contributed by atoms with E-state index in [4.69, 9.17) is 47.4 Å². The minimum Gasteiger partial charge on any atom is -0.454 e. The van der Waals surface area contributed by atoms with Crippen LogP contribution in [0.2, 0.25) is 0 Å². The number of aliphatic hydroxyl groups excluding tert-OH is 1. The maximum Gasteiger partial charge on any atom is 0.352 e. The highest BCUT2D eigenvalue weighted by molar-refractivity contribution is 5.80. The average molecular weight is 585 g/mol. The van der Waals surface area contributed by atoms with Crippen molar-refractivity contribution >= 4 is 11.9 Å². The molecule has 11 atom stereocenters. The number of fused-ring (bicyclic) bond motifs is 3. The number of ether oxygens (including phenoxy) is 10. The number of carbonyl (C=O) groups excluding carboxylic acids is 2. The van der Waals surface area contributed by atoms with Gasteiger partial charge in [0.2, 0.25) is 29.3 Å². The molecule has 0 aromatic heterocycles. The van der Waals surface area contributed by atoms with E-state index < -0.39 is 77.8 Å². The molecule has 2 aliphatic heterocycles. The normalized spacial score (nSPS) is 42.9. The third kappa shape index (κ3) is 5.28. The Morgan fingerprint density at radius 3 is 1.59 bits per heavy atom. The number of hydrogen-bond donors (Lipinski definition) is 1. The summed E-state index contributed by atoms with van der Waals surface area (Å²) in [5.74, 6) is -7.56. The molecule has 13 nitrogen and oxygen atoms in total. The van der Waals surface area contributed by atoms with E-state index in [1.165, 1.54) is 35.4 Å². The molecule has 41 heavy (non-hydrogen) atoms. The first-order chi connectivity index (χ1) is 19.2. The van der Waals surface area contributed by atoms with Crippen LogP contribution in [0, 0.1) is 0 Å². The summed E-state index contributed by atoms with van der Waals surface area (Å²) in [4.78, 5) is 25.5. The van der Waals surface area contributed by atoms with Gasteiger partial charge in [0.25, 0.3) is 0 Å². The zero-order chi connectivity index (χ0) is 30.4. The number of esters is 2. The molecule has 1 N–H and O–H groups in total. The van der Waals surface area contributed by atoms with Crippen molar-refractivity contribution in [3.63, 3.8) is 0 Å². The quantitative estimate of drug-likeness (QED) is 0.442. The lowest BCUT2D eigenvalue weighted by Crippen LogP contribution is -2.80. The van der Waals surface area contributed by atoms with Crippen LogP contribution in [-0.2, 0) is 57.0 Å². The fourth-order valence-electron chi connectivity index (χ4n) is 5.46. The van der Waals surface area contributed by atoms with Gasteiger partial charge in [0.1, 0.15) is 30.5 Å². The molecule has 0 unspecified atom stereocenters. The lowest BCUT2D eigenvalue weighted by Gasteiger charge is -2.62. The molecular weight excluding hydrogens is 544 g/mol. The van der Waals surface area contributed by atoms with Crippen LogP contribution < -0.4 is 0 Å².